The third-order valence-electron chi connectivity index (χ3n) is 3.53. The molecule has 1 aromatic rings. The zero-order chi connectivity index (χ0) is 13.8. The minimum absolute atomic E-state index is 0.0806. The number of primary amides is 1. The third kappa shape index (κ3) is 4.30. The van der Waals surface area contributed by atoms with E-state index in [2.05, 4.69) is 37.9 Å². The fourth-order valence-electron chi connectivity index (χ4n) is 2.41. The highest BCUT2D eigenvalue weighted by molar-refractivity contribution is 9.10. The van der Waals surface area contributed by atoms with Crippen LogP contribution in [0.2, 0.25) is 0 Å². The maximum atomic E-state index is 11.5. The molecule has 1 fully saturated rings. The van der Waals surface area contributed by atoms with Gasteiger partial charge in [-0.1, -0.05) is 28.1 Å². The number of hydrogen-bond acceptors (Lipinski definition) is 3. The standard InChI is InChI=1S/C14H20BrN3O/c1-17-6-7-18(10-12(9-17)14(16)19)8-11-2-4-13(15)5-3-11/h2-5,12H,6-10H2,1H3,(H2,16,19). The molecule has 1 aliphatic rings. The van der Waals surface area contributed by atoms with Crippen molar-refractivity contribution in [3.63, 3.8) is 0 Å². The monoisotopic (exact) mass is 325 g/mol. The lowest BCUT2D eigenvalue weighted by atomic mass is 10.1. The van der Waals surface area contributed by atoms with Crippen LogP contribution in [0.3, 0.4) is 0 Å². The largest absolute Gasteiger partial charge is 0.369 e. The second-order valence-corrected chi connectivity index (χ2v) is 6.14. The van der Waals surface area contributed by atoms with Gasteiger partial charge in [0.2, 0.25) is 5.91 Å². The molecule has 1 aliphatic heterocycles. The normalized spacial score (nSPS) is 22.1. The zero-order valence-corrected chi connectivity index (χ0v) is 12.8. The average Bonchev–Trinajstić information content (AvgIpc) is 2.55. The fraction of sp³-hybridized carbons (Fsp3) is 0.500. The summed E-state index contributed by atoms with van der Waals surface area (Å²) in [5.41, 5.74) is 6.74. The Balaban J connectivity index is 2.02. The Morgan fingerprint density at radius 2 is 2.00 bits per heavy atom. The number of carbonyl (C=O) groups excluding carboxylic acids is 1. The van der Waals surface area contributed by atoms with E-state index in [0.29, 0.717) is 0 Å². The van der Waals surface area contributed by atoms with Gasteiger partial charge in [0.15, 0.2) is 0 Å². The molecule has 1 atom stereocenters. The van der Waals surface area contributed by atoms with Gasteiger partial charge in [-0.05, 0) is 24.7 Å². The maximum absolute atomic E-state index is 11.5. The molecule has 2 rings (SSSR count). The van der Waals surface area contributed by atoms with Crippen molar-refractivity contribution < 1.29 is 4.79 Å². The number of nitrogens with zero attached hydrogens (tertiary/aromatic N) is 2. The Kier molecular flexibility index (Phi) is 4.96. The summed E-state index contributed by atoms with van der Waals surface area (Å²) in [4.78, 5) is 15.9. The topological polar surface area (TPSA) is 49.6 Å². The molecule has 4 nitrogen and oxygen atoms in total. The molecular weight excluding hydrogens is 306 g/mol. The van der Waals surface area contributed by atoms with E-state index in [1.807, 2.05) is 19.2 Å². The van der Waals surface area contributed by atoms with Gasteiger partial charge in [-0.2, -0.15) is 0 Å². The summed E-state index contributed by atoms with van der Waals surface area (Å²) >= 11 is 3.44. The molecule has 2 N–H and O–H groups in total. The molecule has 0 saturated carbocycles. The molecule has 1 heterocycles. The number of amides is 1. The molecule has 1 saturated heterocycles. The molecular formula is C14H20BrN3O. The van der Waals surface area contributed by atoms with E-state index < -0.39 is 0 Å². The second kappa shape index (κ2) is 6.50. The number of halogens is 1. The summed E-state index contributed by atoms with van der Waals surface area (Å²) in [5.74, 6) is -0.280. The minimum Gasteiger partial charge on any atom is -0.369 e. The second-order valence-electron chi connectivity index (χ2n) is 5.22. The molecule has 5 heteroatoms. The van der Waals surface area contributed by atoms with Gasteiger partial charge in [-0.3, -0.25) is 9.69 Å². The number of rotatable bonds is 3. The molecule has 0 aromatic heterocycles. The lowest BCUT2D eigenvalue weighted by molar-refractivity contribution is -0.122. The van der Waals surface area contributed by atoms with Crippen LogP contribution in [0.5, 0.6) is 0 Å². The lowest BCUT2D eigenvalue weighted by Gasteiger charge is -2.22. The number of carbonyl (C=O) groups is 1. The Labute approximate surface area is 122 Å². The molecule has 1 aromatic carbocycles. The van der Waals surface area contributed by atoms with Gasteiger partial charge in [0.05, 0.1) is 5.92 Å². The Morgan fingerprint density at radius 3 is 2.63 bits per heavy atom. The van der Waals surface area contributed by atoms with E-state index >= 15 is 0 Å². The van der Waals surface area contributed by atoms with Crippen molar-refractivity contribution in [2.45, 2.75) is 6.54 Å². The Bertz CT molecular complexity index is 435. The summed E-state index contributed by atoms with van der Waals surface area (Å²) in [7, 11) is 2.04. The molecule has 1 amide bonds. The van der Waals surface area contributed by atoms with E-state index in [-0.39, 0.29) is 11.8 Å². The first-order valence-corrected chi connectivity index (χ1v) is 7.28. The van der Waals surface area contributed by atoms with Crippen molar-refractivity contribution in [2.24, 2.45) is 11.7 Å². The number of likely N-dealkylation sites (N-methyl/N-ethyl adjacent to an activating group) is 1. The van der Waals surface area contributed by atoms with Crippen molar-refractivity contribution in [3.8, 4) is 0 Å². The van der Waals surface area contributed by atoms with Crippen molar-refractivity contribution in [1.82, 2.24) is 9.80 Å². The lowest BCUT2D eigenvalue weighted by Crippen LogP contribution is -2.37. The van der Waals surface area contributed by atoms with E-state index in [4.69, 9.17) is 5.73 Å². The number of hydrogen-bond donors (Lipinski definition) is 1. The van der Waals surface area contributed by atoms with Gasteiger partial charge in [0.1, 0.15) is 0 Å². The van der Waals surface area contributed by atoms with E-state index in [9.17, 15) is 4.79 Å². The van der Waals surface area contributed by atoms with Gasteiger partial charge in [-0.25, -0.2) is 0 Å². The van der Waals surface area contributed by atoms with Crippen molar-refractivity contribution in [3.05, 3.63) is 34.3 Å². The van der Waals surface area contributed by atoms with Crippen LogP contribution in [0.15, 0.2) is 28.7 Å². The molecule has 104 valence electrons. The van der Waals surface area contributed by atoms with Crippen LogP contribution in [0, 0.1) is 5.92 Å². The molecule has 0 spiro atoms. The minimum atomic E-state index is -0.199. The van der Waals surface area contributed by atoms with Crippen molar-refractivity contribution >= 4 is 21.8 Å². The van der Waals surface area contributed by atoms with Gasteiger partial charge >= 0.3 is 0 Å². The summed E-state index contributed by atoms with van der Waals surface area (Å²) in [6, 6.07) is 8.31. The maximum Gasteiger partial charge on any atom is 0.223 e. The molecule has 0 bridgehead atoms. The first kappa shape index (κ1) is 14.5. The first-order chi connectivity index (χ1) is 9.04. The van der Waals surface area contributed by atoms with Crippen LogP contribution >= 0.6 is 15.9 Å². The fourth-order valence-corrected chi connectivity index (χ4v) is 2.68. The number of nitrogens with two attached hydrogens (primary N) is 1. The SMILES string of the molecule is CN1CCN(Cc2ccc(Br)cc2)CC(C(N)=O)C1. The summed E-state index contributed by atoms with van der Waals surface area (Å²) in [6.07, 6.45) is 0. The molecule has 19 heavy (non-hydrogen) atoms. The third-order valence-corrected chi connectivity index (χ3v) is 4.06. The van der Waals surface area contributed by atoms with Gasteiger partial charge in [-0.15, -0.1) is 0 Å². The van der Waals surface area contributed by atoms with E-state index in [1.165, 1.54) is 5.56 Å². The van der Waals surface area contributed by atoms with Crippen LogP contribution in [0.25, 0.3) is 0 Å². The van der Waals surface area contributed by atoms with E-state index in [0.717, 1.165) is 37.2 Å². The smallest absolute Gasteiger partial charge is 0.223 e. The molecule has 1 unspecified atom stereocenters. The summed E-state index contributed by atoms with van der Waals surface area (Å²) < 4.78 is 1.09. The van der Waals surface area contributed by atoms with Crippen LogP contribution in [-0.2, 0) is 11.3 Å². The van der Waals surface area contributed by atoms with Gasteiger partial charge in [0, 0.05) is 37.2 Å². The Morgan fingerprint density at radius 1 is 1.32 bits per heavy atom. The highest BCUT2D eigenvalue weighted by Gasteiger charge is 2.24. The highest BCUT2D eigenvalue weighted by Crippen LogP contribution is 2.15. The van der Waals surface area contributed by atoms with Crippen molar-refractivity contribution in [2.75, 3.05) is 33.2 Å². The van der Waals surface area contributed by atoms with Crippen LogP contribution < -0.4 is 5.73 Å². The highest BCUT2D eigenvalue weighted by atomic mass is 79.9. The van der Waals surface area contributed by atoms with Crippen LogP contribution in [0.1, 0.15) is 5.56 Å². The predicted octanol–water partition coefficient (Wildman–Crippen LogP) is 1.30. The van der Waals surface area contributed by atoms with E-state index in [1.54, 1.807) is 0 Å². The number of benzene rings is 1. The van der Waals surface area contributed by atoms with Gasteiger partial charge < -0.3 is 10.6 Å². The van der Waals surface area contributed by atoms with Crippen molar-refractivity contribution in [1.29, 1.82) is 0 Å². The Hall–Kier alpha value is -0.910. The molecule has 0 aliphatic carbocycles. The van der Waals surface area contributed by atoms with Crippen LogP contribution in [-0.4, -0.2) is 48.9 Å². The first-order valence-electron chi connectivity index (χ1n) is 6.49. The zero-order valence-electron chi connectivity index (χ0n) is 11.2. The average molecular weight is 326 g/mol. The molecule has 0 radical (unpaired) electrons. The predicted molar refractivity (Wildman–Crippen MR) is 79.6 cm³/mol. The summed E-state index contributed by atoms with van der Waals surface area (Å²) in [6.45, 7) is 4.31. The van der Waals surface area contributed by atoms with Crippen LogP contribution in [0.4, 0.5) is 0 Å². The van der Waals surface area contributed by atoms with Gasteiger partial charge in [0.25, 0.3) is 0 Å². The summed E-state index contributed by atoms with van der Waals surface area (Å²) in [5, 5.41) is 0. The quantitative estimate of drug-likeness (QED) is 0.911.